The van der Waals surface area contributed by atoms with E-state index in [1.165, 1.54) is 12.1 Å². The molecule has 1 amide bonds. The Morgan fingerprint density at radius 3 is 2.78 bits per heavy atom. The lowest BCUT2D eigenvalue weighted by atomic mass is 9.81. The summed E-state index contributed by atoms with van der Waals surface area (Å²) in [5, 5.41) is 15.3. The lowest BCUT2D eigenvalue weighted by Gasteiger charge is -2.30. The van der Waals surface area contributed by atoms with Crippen molar-refractivity contribution in [1.82, 2.24) is 9.97 Å². The van der Waals surface area contributed by atoms with Gasteiger partial charge in [0.15, 0.2) is 0 Å². The maximum atomic E-state index is 12.1. The van der Waals surface area contributed by atoms with Crippen molar-refractivity contribution in [2.75, 3.05) is 10.6 Å². The molecule has 4 rings (SSSR count). The van der Waals surface area contributed by atoms with Gasteiger partial charge in [-0.3, -0.25) is 9.78 Å². The molecule has 136 valence electrons. The highest BCUT2D eigenvalue weighted by Crippen LogP contribution is 2.35. The SMILES string of the molecule is CC1(C)Cc2cc(Nc3cnc4ccc(C(=O)O)cc4n3)ccc2NC1=O. The smallest absolute Gasteiger partial charge is 0.335 e. The van der Waals surface area contributed by atoms with Crippen LogP contribution in [0, 0.1) is 5.41 Å². The van der Waals surface area contributed by atoms with Crippen LogP contribution in [-0.2, 0) is 11.2 Å². The molecule has 2 heterocycles. The van der Waals surface area contributed by atoms with E-state index in [9.17, 15) is 9.59 Å². The van der Waals surface area contributed by atoms with Crippen LogP contribution in [0.25, 0.3) is 11.0 Å². The summed E-state index contributed by atoms with van der Waals surface area (Å²) in [6.45, 7) is 3.83. The third kappa shape index (κ3) is 3.19. The second-order valence-corrected chi connectivity index (χ2v) is 7.28. The predicted octanol–water partition coefficient (Wildman–Crippen LogP) is 3.59. The fraction of sp³-hybridized carbons (Fsp3) is 0.200. The van der Waals surface area contributed by atoms with Gasteiger partial charge in [-0.2, -0.15) is 0 Å². The number of aromatic nitrogens is 2. The van der Waals surface area contributed by atoms with Crippen molar-refractivity contribution >= 4 is 40.1 Å². The molecule has 0 aliphatic carbocycles. The first-order valence-corrected chi connectivity index (χ1v) is 8.53. The Bertz CT molecular complexity index is 1090. The largest absolute Gasteiger partial charge is 0.478 e. The normalized spacial score (nSPS) is 15.1. The molecule has 3 aromatic rings. The average Bonchev–Trinajstić information content (AvgIpc) is 2.62. The summed E-state index contributed by atoms with van der Waals surface area (Å²) in [7, 11) is 0. The van der Waals surface area contributed by atoms with Crippen molar-refractivity contribution in [3.63, 3.8) is 0 Å². The van der Waals surface area contributed by atoms with Gasteiger partial charge < -0.3 is 15.7 Å². The predicted molar refractivity (Wildman–Crippen MR) is 102 cm³/mol. The van der Waals surface area contributed by atoms with Crippen LogP contribution in [0.3, 0.4) is 0 Å². The van der Waals surface area contributed by atoms with Gasteiger partial charge in [0.2, 0.25) is 5.91 Å². The van der Waals surface area contributed by atoms with E-state index < -0.39 is 11.4 Å². The fourth-order valence-electron chi connectivity index (χ4n) is 3.14. The van der Waals surface area contributed by atoms with Crippen LogP contribution in [0.5, 0.6) is 0 Å². The van der Waals surface area contributed by atoms with Crippen molar-refractivity contribution in [2.45, 2.75) is 20.3 Å². The van der Waals surface area contributed by atoms with Crippen molar-refractivity contribution in [3.05, 3.63) is 53.7 Å². The number of benzene rings is 2. The zero-order valence-corrected chi connectivity index (χ0v) is 14.9. The highest BCUT2D eigenvalue weighted by molar-refractivity contribution is 5.98. The number of carboxylic acid groups (broad SMARTS) is 1. The molecular weight excluding hydrogens is 344 g/mol. The maximum Gasteiger partial charge on any atom is 0.335 e. The Labute approximate surface area is 155 Å². The molecule has 0 saturated carbocycles. The molecule has 0 spiro atoms. The lowest BCUT2D eigenvalue weighted by molar-refractivity contribution is -0.124. The zero-order valence-electron chi connectivity index (χ0n) is 14.9. The number of nitrogens with one attached hydrogen (secondary N) is 2. The number of amides is 1. The molecule has 0 saturated heterocycles. The van der Waals surface area contributed by atoms with E-state index >= 15 is 0 Å². The highest BCUT2D eigenvalue weighted by atomic mass is 16.4. The van der Waals surface area contributed by atoms with E-state index in [2.05, 4.69) is 20.6 Å². The van der Waals surface area contributed by atoms with Crippen molar-refractivity contribution < 1.29 is 14.7 Å². The van der Waals surface area contributed by atoms with Crippen molar-refractivity contribution in [2.24, 2.45) is 5.41 Å². The number of carboxylic acids is 1. The third-order valence-electron chi connectivity index (χ3n) is 4.66. The molecule has 0 radical (unpaired) electrons. The minimum Gasteiger partial charge on any atom is -0.478 e. The van der Waals surface area contributed by atoms with Gasteiger partial charge in [-0.05, 0) is 48.4 Å². The second kappa shape index (κ2) is 6.05. The molecule has 1 aromatic heterocycles. The summed E-state index contributed by atoms with van der Waals surface area (Å²) >= 11 is 0. The quantitative estimate of drug-likeness (QED) is 0.658. The third-order valence-corrected chi connectivity index (χ3v) is 4.66. The number of aromatic carboxylic acids is 1. The summed E-state index contributed by atoms with van der Waals surface area (Å²) in [5.41, 5.74) is 3.53. The van der Waals surface area contributed by atoms with E-state index in [1.54, 1.807) is 12.3 Å². The maximum absolute atomic E-state index is 12.1. The standard InChI is InChI=1S/C20H18N4O3/c1-20(2)9-12-7-13(4-6-14(12)24-19(20)27)22-17-10-21-15-5-3-11(18(25)26)8-16(15)23-17/h3-8,10H,9H2,1-2H3,(H,22,23)(H,24,27)(H,25,26). The van der Waals surface area contributed by atoms with Crippen LogP contribution in [0.15, 0.2) is 42.6 Å². The van der Waals surface area contributed by atoms with Gasteiger partial charge in [0.05, 0.1) is 22.8 Å². The average molecular weight is 362 g/mol. The van der Waals surface area contributed by atoms with Crippen LogP contribution in [0.2, 0.25) is 0 Å². The number of rotatable bonds is 3. The number of hydrogen-bond donors (Lipinski definition) is 3. The molecular formula is C20H18N4O3. The highest BCUT2D eigenvalue weighted by Gasteiger charge is 2.33. The minimum absolute atomic E-state index is 0.0188. The molecule has 7 heteroatoms. The summed E-state index contributed by atoms with van der Waals surface area (Å²) in [6.07, 6.45) is 2.25. The Kier molecular flexibility index (Phi) is 3.80. The minimum atomic E-state index is -1.00. The van der Waals surface area contributed by atoms with Crippen LogP contribution in [0.4, 0.5) is 17.2 Å². The molecule has 0 atom stereocenters. The Balaban J connectivity index is 1.64. The number of nitrogens with zero attached hydrogens (tertiary/aromatic N) is 2. The van der Waals surface area contributed by atoms with E-state index in [1.807, 2.05) is 32.0 Å². The van der Waals surface area contributed by atoms with E-state index in [-0.39, 0.29) is 11.5 Å². The van der Waals surface area contributed by atoms with Gasteiger partial charge in [-0.25, -0.2) is 9.78 Å². The van der Waals surface area contributed by atoms with Crippen LogP contribution in [-0.4, -0.2) is 27.0 Å². The number of carbonyl (C=O) groups is 2. The number of anilines is 3. The van der Waals surface area contributed by atoms with Crippen molar-refractivity contribution in [3.8, 4) is 0 Å². The lowest BCUT2D eigenvalue weighted by Crippen LogP contribution is -2.37. The molecule has 7 nitrogen and oxygen atoms in total. The summed E-state index contributed by atoms with van der Waals surface area (Å²) < 4.78 is 0. The van der Waals surface area contributed by atoms with Crippen LogP contribution in [0.1, 0.15) is 29.8 Å². The second-order valence-electron chi connectivity index (χ2n) is 7.28. The van der Waals surface area contributed by atoms with Gasteiger partial charge in [-0.15, -0.1) is 0 Å². The summed E-state index contributed by atoms with van der Waals surface area (Å²) in [6, 6.07) is 10.3. The van der Waals surface area contributed by atoms with Gasteiger partial charge in [-0.1, -0.05) is 13.8 Å². The summed E-state index contributed by atoms with van der Waals surface area (Å²) in [4.78, 5) is 32.0. The molecule has 27 heavy (non-hydrogen) atoms. The molecule has 0 bridgehead atoms. The molecule has 2 aromatic carbocycles. The molecule has 0 fully saturated rings. The van der Waals surface area contributed by atoms with E-state index in [4.69, 9.17) is 5.11 Å². The van der Waals surface area contributed by atoms with Gasteiger partial charge in [0.1, 0.15) is 5.82 Å². The first-order valence-electron chi connectivity index (χ1n) is 8.53. The summed E-state index contributed by atoms with van der Waals surface area (Å²) in [5.74, 6) is -0.467. The monoisotopic (exact) mass is 362 g/mol. The number of hydrogen-bond acceptors (Lipinski definition) is 5. The van der Waals surface area contributed by atoms with Gasteiger partial charge >= 0.3 is 5.97 Å². The Morgan fingerprint density at radius 1 is 1.19 bits per heavy atom. The number of carbonyl (C=O) groups excluding carboxylic acids is 1. The topological polar surface area (TPSA) is 104 Å². The Morgan fingerprint density at radius 2 is 2.00 bits per heavy atom. The first-order chi connectivity index (χ1) is 12.8. The van der Waals surface area contributed by atoms with Crippen molar-refractivity contribution in [1.29, 1.82) is 0 Å². The Hall–Kier alpha value is -3.48. The van der Waals surface area contributed by atoms with Crippen LogP contribution < -0.4 is 10.6 Å². The zero-order chi connectivity index (χ0) is 19.2. The van der Waals surface area contributed by atoms with Gasteiger partial charge in [0, 0.05) is 16.8 Å². The molecule has 1 aliphatic heterocycles. The van der Waals surface area contributed by atoms with E-state index in [0.717, 1.165) is 16.9 Å². The van der Waals surface area contributed by atoms with Crippen LogP contribution >= 0.6 is 0 Å². The first kappa shape index (κ1) is 17.0. The molecule has 1 aliphatic rings. The fourth-order valence-corrected chi connectivity index (χ4v) is 3.14. The molecule has 3 N–H and O–H groups in total. The van der Waals surface area contributed by atoms with Gasteiger partial charge in [0.25, 0.3) is 0 Å². The van der Waals surface area contributed by atoms with E-state index in [0.29, 0.717) is 23.3 Å². The number of fused-ring (bicyclic) bond motifs is 2. The molecule has 0 unspecified atom stereocenters.